The molecule has 3 nitrogen and oxygen atoms in total. The maximum absolute atomic E-state index is 6.24. The van der Waals surface area contributed by atoms with Gasteiger partial charge >= 0.3 is 0 Å². The van der Waals surface area contributed by atoms with Gasteiger partial charge in [0.2, 0.25) is 0 Å². The molecular formula is C16H35N3. The van der Waals surface area contributed by atoms with E-state index in [1.807, 2.05) is 0 Å². The Bertz CT molecular complexity index is 242. The standard InChI is InChI=1S/C16H35N3/c1-5-6-7-12-19(15(2)3)16(14-17)9-8-11-18(4)13-10-16/h15H,5-14,17H2,1-4H3. The van der Waals surface area contributed by atoms with Crippen molar-refractivity contribution in [1.82, 2.24) is 9.80 Å². The summed E-state index contributed by atoms with van der Waals surface area (Å²) in [5.41, 5.74) is 6.48. The van der Waals surface area contributed by atoms with Crippen LogP contribution in [0.15, 0.2) is 0 Å². The van der Waals surface area contributed by atoms with Crippen LogP contribution in [0.2, 0.25) is 0 Å². The molecule has 1 atom stereocenters. The van der Waals surface area contributed by atoms with Crippen molar-refractivity contribution in [3.05, 3.63) is 0 Å². The Balaban J connectivity index is 2.75. The second kappa shape index (κ2) is 8.23. The van der Waals surface area contributed by atoms with Gasteiger partial charge in [0.25, 0.3) is 0 Å². The van der Waals surface area contributed by atoms with Gasteiger partial charge < -0.3 is 10.6 Å². The molecule has 2 N–H and O–H groups in total. The first-order valence-electron chi connectivity index (χ1n) is 8.21. The predicted molar refractivity (Wildman–Crippen MR) is 84.5 cm³/mol. The summed E-state index contributed by atoms with van der Waals surface area (Å²) in [5, 5.41) is 0. The highest BCUT2D eigenvalue weighted by Gasteiger charge is 2.37. The molecule has 3 heteroatoms. The van der Waals surface area contributed by atoms with Gasteiger partial charge in [0.15, 0.2) is 0 Å². The number of unbranched alkanes of at least 4 members (excludes halogenated alkanes) is 2. The van der Waals surface area contributed by atoms with E-state index in [2.05, 4.69) is 37.6 Å². The van der Waals surface area contributed by atoms with Crippen LogP contribution in [-0.2, 0) is 0 Å². The van der Waals surface area contributed by atoms with E-state index in [4.69, 9.17) is 5.73 Å². The summed E-state index contributed by atoms with van der Waals surface area (Å²) in [5.74, 6) is 0. The van der Waals surface area contributed by atoms with Crippen LogP contribution in [0.4, 0.5) is 0 Å². The summed E-state index contributed by atoms with van der Waals surface area (Å²) in [6.07, 6.45) is 7.72. The summed E-state index contributed by atoms with van der Waals surface area (Å²) < 4.78 is 0. The maximum atomic E-state index is 6.24. The molecule has 1 heterocycles. The Morgan fingerprint density at radius 3 is 2.53 bits per heavy atom. The van der Waals surface area contributed by atoms with Gasteiger partial charge in [0, 0.05) is 18.1 Å². The normalized spacial score (nSPS) is 26.1. The average molecular weight is 269 g/mol. The van der Waals surface area contributed by atoms with E-state index in [1.54, 1.807) is 0 Å². The van der Waals surface area contributed by atoms with Gasteiger partial charge in [-0.2, -0.15) is 0 Å². The largest absolute Gasteiger partial charge is 0.329 e. The van der Waals surface area contributed by atoms with Crippen LogP contribution in [0.3, 0.4) is 0 Å². The van der Waals surface area contributed by atoms with E-state index >= 15 is 0 Å². The third kappa shape index (κ3) is 4.73. The van der Waals surface area contributed by atoms with E-state index in [9.17, 15) is 0 Å². The lowest BCUT2D eigenvalue weighted by atomic mass is 9.87. The molecule has 1 saturated heterocycles. The molecule has 19 heavy (non-hydrogen) atoms. The quantitative estimate of drug-likeness (QED) is 0.721. The first-order valence-corrected chi connectivity index (χ1v) is 8.21. The summed E-state index contributed by atoms with van der Waals surface area (Å²) >= 11 is 0. The number of nitrogens with zero attached hydrogens (tertiary/aromatic N) is 2. The third-order valence-electron chi connectivity index (χ3n) is 4.76. The Morgan fingerprint density at radius 2 is 1.95 bits per heavy atom. The van der Waals surface area contributed by atoms with E-state index in [0.717, 1.165) is 6.54 Å². The van der Waals surface area contributed by atoms with Crippen LogP contribution in [0.1, 0.15) is 59.3 Å². The second-order valence-electron chi connectivity index (χ2n) is 6.58. The molecule has 1 rings (SSSR count). The number of hydrogen-bond donors (Lipinski definition) is 1. The smallest absolute Gasteiger partial charge is 0.0347 e. The summed E-state index contributed by atoms with van der Waals surface area (Å²) in [4.78, 5) is 5.17. The monoisotopic (exact) mass is 269 g/mol. The van der Waals surface area contributed by atoms with Gasteiger partial charge in [-0.25, -0.2) is 0 Å². The highest BCUT2D eigenvalue weighted by Crippen LogP contribution is 2.30. The summed E-state index contributed by atoms with van der Waals surface area (Å²) in [6.45, 7) is 11.4. The zero-order valence-electron chi connectivity index (χ0n) is 13.6. The SMILES string of the molecule is CCCCCN(C(C)C)C1(CN)CCCN(C)CC1. The zero-order valence-corrected chi connectivity index (χ0v) is 13.6. The molecule has 0 radical (unpaired) electrons. The van der Waals surface area contributed by atoms with Crippen molar-refractivity contribution < 1.29 is 0 Å². The van der Waals surface area contributed by atoms with Gasteiger partial charge in [0.05, 0.1) is 0 Å². The van der Waals surface area contributed by atoms with Crippen LogP contribution in [0.25, 0.3) is 0 Å². The first-order chi connectivity index (χ1) is 9.05. The Morgan fingerprint density at radius 1 is 1.21 bits per heavy atom. The molecule has 0 aromatic heterocycles. The number of nitrogens with two attached hydrogens (primary N) is 1. The van der Waals surface area contributed by atoms with Crippen molar-refractivity contribution in [2.24, 2.45) is 5.73 Å². The molecular weight excluding hydrogens is 234 g/mol. The van der Waals surface area contributed by atoms with Crippen LogP contribution in [0.5, 0.6) is 0 Å². The fourth-order valence-corrected chi connectivity index (χ4v) is 3.50. The fourth-order valence-electron chi connectivity index (χ4n) is 3.50. The van der Waals surface area contributed by atoms with Crippen molar-refractivity contribution in [3.8, 4) is 0 Å². The molecule has 114 valence electrons. The predicted octanol–water partition coefficient (Wildman–Crippen LogP) is 2.70. The van der Waals surface area contributed by atoms with Gasteiger partial charge in [-0.3, -0.25) is 4.90 Å². The van der Waals surface area contributed by atoms with E-state index in [0.29, 0.717) is 6.04 Å². The second-order valence-corrected chi connectivity index (χ2v) is 6.58. The van der Waals surface area contributed by atoms with Crippen molar-refractivity contribution in [3.63, 3.8) is 0 Å². The van der Waals surface area contributed by atoms with Crippen LogP contribution in [-0.4, -0.2) is 54.6 Å². The highest BCUT2D eigenvalue weighted by atomic mass is 15.2. The van der Waals surface area contributed by atoms with Crippen molar-refractivity contribution >= 4 is 0 Å². The molecule has 0 aromatic carbocycles. The molecule has 0 aliphatic carbocycles. The molecule has 1 fully saturated rings. The Hall–Kier alpha value is -0.120. The van der Waals surface area contributed by atoms with Gasteiger partial charge in [0.1, 0.15) is 0 Å². The van der Waals surface area contributed by atoms with Gasteiger partial charge in [-0.1, -0.05) is 19.8 Å². The van der Waals surface area contributed by atoms with Crippen molar-refractivity contribution in [1.29, 1.82) is 0 Å². The number of hydrogen-bond acceptors (Lipinski definition) is 3. The molecule has 1 aliphatic heterocycles. The molecule has 0 amide bonds. The van der Waals surface area contributed by atoms with Gasteiger partial charge in [-0.15, -0.1) is 0 Å². The molecule has 0 saturated carbocycles. The summed E-state index contributed by atoms with van der Waals surface area (Å²) in [7, 11) is 2.24. The lowest BCUT2D eigenvalue weighted by Gasteiger charge is -2.46. The minimum Gasteiger partial charge on any atom is -0.329 e. The van der Waals surface area contributed by atoms with Crippen molar-refractivity contribution in [2.45, 2.75) is 70.9 Å². The fraction of sp³-hybridized carbons (Fsp3) is 1.00. The van der Waals surface area contributed by atoms with Gasteiger partial charge in [-0.05, 0) is 66.2 Å². The number of likely N-dealkylation sites (tertiary alicyclic amines) is 1. The lowest BCUT2D eigenvalue weighted by molar-refractivity contribution is 0.0468. The molecule has 0 aromatic rings. The highest BCUT2D eigenvalue weighted by molar-refractivity contribution is 4.95. The van der Waals surface area contributed by atoms with E-state index in [1.165, 1.54) is 58.2 Å². The minimum atomic E-state index is 0.243. The minimum absolute atomic E-state index is 0.243. The average Bonchev–Trinajstić information content (AvgIpc) is 2.57. The van der Waals surface area contributed by atoms with Crippen LogP contribution < -0.4 is 5.73 Å². The lowest BCUT2D eigenvalue weighted by Crippen LogP contribution is -2.57. The maximum Gasteiger partial charge on any atom is 0.0347 e. The first kappa shape index (κ1) is 16.9. The molecule has 1 unspecified atom stereocenters. The molecule has 0 bridgehead atoms. The molecule has 0 spiro atoms. The van der Waals surface area contributed by atoms with Crippen LogP contribution in [0, 0.1) is 0 Å². The third-order valence-corrected chi connectivity index (χ3v) is 4.76. The van der Waals surface area contributed by atoms with Crippen LogP contribution >= 0.6 is 0 Å². The number of rotatable bonds is 7. The summed E-state index contributed by atoms with van der Waals surface area (Å²) in [6, 6.07) is 0.601. The zero-order chi connectivity index (χ0) is 14.3. The molecule has 1 aliphatic rings. The van der Waals surface area contributed by atoms with Crippen molar-refractivity contribution in [2.75, 3.05) is 33.2 Å². The Labute approximate surface area is 120 Å². The van der Waals surface area contributed by atoms with E-state index < -0.39 is 0 Å². The van der Waals surface area contributed by atoms with E-state index in [-0.39, 0.29) is 5.54 Å². The topological polar surface area (TPSA) is 32.5 Å². The Kier molecular flexibility index (Phi) is 7.33.